The van der Waals surface area contributed by atoms with Gasteiger partial charge in [-0.1, -0.05) is 19.1 Å². The first-order valence-corrected chi connectivity index (χ1v) is 10.5. The van der Waals surface area contributed by atoms with Crippen LogP contribution in [0.3, 0.4) is 0 Å². The molecule has 6 nitrogen and oxygen atoms in total. The Labute approximate surface area is 172 Å². The van der Waals surface area contributed by atoms with Gasteiger partial charge in [0.1, 0.15) is 4.99 Å². The second-order valence-electron chi connectivity index (χ2n) is 7.35. The predicted octanol–water partition coefficient (Wildman–Crippen LogP) is 2.73. The van der Waals surface area contributed by atoms with Gasteiger partial charge in [-0.15, -0.1) is 0 Å². The lowest BCUT2D eigenvalue weighted by molar-refractivity contribution is -0.137. The number of ether oxygens (including phenoxy) is 3. The van der Waals surface area contributed by atoms with Crippen molar-refractivity contribution in [1.82, 2.24) is 9.80 Å². The molecule has 28 heavy (non-hydrogen) atoms. The Hall–Kier alpha value is -1.86. The molecule has 3 rings (SSSR count). The fourth-order valence-electron chi connectivity index (χ4n) is 3.47. The number of rotatable bonds is 6. The van der Waals surface area contributed by atoms with E-state index < -0.39 is 0 Å². The number of hydrogen-bond donors (Lipinski definition) is 0. The molecule has 0 N–H and O–H groups in total. The number of piperidine rings is 1. The third-order valence-corrected chi connectivity index (χ3v) is 5.77. The Morgan fingerprint density at radius 3 is 2.50 bits per heavy atom. The van der Waals surface area contributed by atoms with Crippen molar-refractivity contribution < 1.29 is 19.0 Å². The van der Waals surface area contributed by atoms with E-state index in [9.17, 15) is 4.79 Å². The van der Waals surface area contributed by atoms with Crippen molar-refractivity contribution in [2.75, 3.05) is 52.6 Å². The summed E-state index contributed by atoms with van der Waals surface area (Å²) in [7, 11) is 0. The Bertz CT molecular complexity index is 683. The van der Waals surface area contributed by atoms with Crippen molar-refractivity contribution in [1.29, 1.82) is 0 Å². The van der Waals surface area contributed by atoms with Crippen LogP contribution < -0.4 is 9.47 Å². The van der Waals surface area contributed by atoms with E-state index in [0.29, 0.717) is 44.4 Å². The van der Waals surface area contributed by atoms with Gasteiger partial charge in [-0.05, 0) is 43.9 Å². The van der Waals surface area contributed by atoms with Gasteiger partial charge in [-0.2, -0.15) is 0 Å². The summed E-state index contributed by atoms with van der Waals surface area (Å²) in [5.74, 6) is 1.93. The zero-order chi connectivity index (χ0) is 19.9. The van der Waals surface area contributed by atoms with E-state index in [-0.39, 0.29) is 12.5 Å². The summed E-state index contributed by atoms with van der Waals surface area (Å²) in [5.41, 5.74) is 0.958. The van der Waals surface area contributed by atoms with Crippen LogP contribution in [0, 0.1) is 5.92 Å². The molecule has 0 atom stereocenters. The standard InChI is InChI=1S/C21H30N2O4S/c1-3-26-19-14-17(21(28)23-8-6-16(2)7-9-23)4-5-18(19)27-15-20(24)22-10-12-25-13-11-22/h4-5,14,16H,3,6-13,15H2,1-2H3. The minimum atomic E-state index is -0.0345. The van der Waals surface area contributed by atoms with Gasteiger partial charge in [0.05, 0.1) is 19.8 Å². The highest BCUT2D eigenvalue weighted by molar-refractivity contribution is 7.80. The molecule has 0 bridgehead atoms. The van der Waals surface area contributed by atoms with Gasteiger partial charge in [0, 0.05) is 31.7 Å². The van der Waals surface area contributed by atoms with Crippen molar-refractivity contribution in [2.45, 2.75) is 26.7 Å². The second kappa shape index (κ2) is 10.1. The third-order valence-electron chi connectivity index (χ3n) is 5.28. The van der Waals surface area contributed by atoms with Crippen molar-refractivity contribution in [2.24, 2.45) is 5.92 Å². The fraction of sp³-hybridized carbons (Fsp3) is 0.619. The summed E-state index contributed by atoms with van der Waals surface area (Å²) in [6, 6.07) is 5.74. The average Bonchev–Trinajstić information content (AvgIpc) is 2.73. The molecule has 0 spiro atoms. The van der Waals surface area contributed by atoms with Crippen molar-refractivity contribution in [3.63, 3.8) is 0 Å². The SMILES string of the molecule is CCOc1cc(C(=S)N2CCC(C)CC2)ccc1OCC(=O)N1CCOCC1. The van der Waals surface area contributed by atoms with Crippen LogP contribution in [-0.4, -0.2) is 73.3 Å². The highest BCUT2D eigenvalue weighted by atomic mass is 32.1. The van der Waals surface area contributed by atoms with Crippen LogP contribution in [0.15, 0.2) is 18.2 Å². The van der Waals surface area contributed by atoms with Gasteiger partial charge in [-0.25, -0.2) is 0 Å². The molecule has 0 radical (unpaired) electrons. The number of nitrogens with zero attached hydrogens (tertiary/aromatic N) is 2. The van der Waals surface area contributed by atoms with Crippen molar-refractivity contribution in [3.05, 3.63) is 23.8 Å². The second-order valence-corrected chi connectivity index (χ2v) is 7.74. The number of carbonyl (C=O) groups excluding carboxylic acids is 1. The molecule has 154 valence electrons. The summed E-state index contributed by atoms with van der Waals surface area (Å²) >= 11 is 5.71. The molecule has 1 amide bonds. The minimum Gasteiger partial charge on any atom is -0.490 e. The summed E-state index contributed by atoms with van der Waals surface area (Å²) in [6.07, 6.45) is 2.34. The van der Waals surface area contributed by atoms with Crippen molar-refractivity contribution >= 4 is 23.1 Å². The number of amides is 1. The van der Waals surface area contributed by atoms with Crippen LogP contribution >= 0.6 is 12.2 Å². The molecule has 1 aromatic carbocycles. The Morgan fingerprint density at radius 1 is 1.11 bits per heavy atom. The zero-order valence-electron chi connectivity index (χ0n) is 16.8. The molecule has 2 aliphatic heterocycles. The molecule has 2 aliphatic rings. The monoisotopic (exact) mass is 406 g/mol. The average molecular weight is 407 g/mol. The molecule has 0 aliphatic carbocycles. The molecule has 7 heteroatoms. The summed E-state index contributed by atoms with van der Waals surface area (Å²) < 4.78 is 16.8. The van der Waals surface area contributed by atoms with Crippen LogP contribution in [0.1, 0.15) is 32.3 Å². The lowest BCUT2D eigenvalue weighted by Gasteiger charge is -2.32. The first-order chi connectivity index (χ1) is 13.6. The largest absolute Gasteiger partial charge is 0.490 e. The van der Waals surface area contributed by atoms with Crippen molar-refractivity contribution in [3.8, 4) is 11.5 Å². The van der Waals surface area contributed by atoms with Crippen LogP contribution in [0.5, 0.6) is 11.5 Å². The lowest BCUT2D eigenvalue weighted by atomic mass is 9.99. The van der Waals surface area contributed by atoms with E-state index >= 15 is 0 Å². The normalized spacial score (nSPS) is 18.1. The maximum absolute atomic E-state index is 12.3. The molecular weight excluding hydrogens is 376 g/mol. The van der Waals surface area contributed by atoms with Gasteiger partial charge in [-0.3, -0.25) is 4.79 Å². The highest BCUT2D eigenvalue weighted by Gasteiger charge is 2.21. The van der Waals surface area contributed by atoms with Crippen LogP contribution in [0.25, 0.3) is 0 Å². The van der Waals surface area contributed by atoms with E-state index in [2.05, 4.69) is 11.8 Å². The van der Waals surface area contributed by atoms with Crippen LogP contribution in [-0.2, 0) is 9.53 Å². The van der Waals surface area contributed by atoms with E-state index in [1.54, 1.807) is 4.90 Å². The molecule has 2 fully saturated rings. The van der Waals surface area contributed by atoms with E-state index in [1.807, 2.05) is 25.1 Å². The molecular formula is C21H30N2O4S. The van der Waals surface area contributed by atoms with Gasteiger partial charge in [0.15, 0.2) is 18.1 Å². The van der Waals surface area contributed by atoms with Gasteiger partial charge < -0.3 is 24.0 Å². The number of carbonyl (C=O) groups is 1. The van der Waals surface area contributed by atoms with Crippen LogP contribution in [0.4, 0.5) is 0 Å². The van der Waals surface area contributed by atoms with E-state index in [4.69, 9.17) is 26.4 Å². The summed E-state index contributed by atoms with van der Waals surface area (Å²) in [5, 5.41) is 0. The number of thiocarbonyl (C=S) groups is 1. The number of morpholine rings is 1. The fourth-order valence-corrected chi connectivity index (χ4v) is 3.78. The minimum absolute atomic E-state index is 0.00607. The first-order valence-electron chi connectivity index (χ1n) is 10.1. The lowest BCUT2D eigenvalue weighted by Crippen LogP contribution is -2.43. The first kappa shape index (κ1) is 20.9. The van der Waals surface area contributed by atoms with E-state index in [0.717, 1.165) is 29.6 Å². The Balaban J connectivity index is 1.64. The number of likely N-dealkylation sites (tertiary alicyclic amines) is 1. The predicted molar refractivity (Wildman–Crippen MR) is 112 cm³/mol. The highest BCUT2D eigenvalue weighted by Crippen LogP contribution is 2.30. The van der Waals surface area contributed by atoms with E-state index in [1.165, 1.54) is 12.8 Å². The van der Waals surface area contributed by atoms with Gasteiger partial charge in [0.25, 0.3) is 5.91 Å². The summed E-state index contributed by atoms with van der Waals surface area (Å²) in [6.45, 7) is 9.11. The molecule has 1 aromatic rings. The number of hydrogen-bond acceptors (Lipinski definition) is 5. The van der Waals surface area contributed by atoms with Crippen LogP contribution in [0.2, 0.25) is 0 Å². The molecule has 0 saturated carbocycles. The molecule has 2 saturated heterocycles. The maximum atomic E-state index is 12.3. The molecule has 0 unspecified atom stereocenters. The molecule has 2 heterocycles. The Morgan fingerprint density at radius 2 is 1.82 bits per heavy atom. The third kappa shape index (κ3) is 5.35. The Kier molecular flexibility index (Phi) is 7.50. The van der Waals surface area contributed by atoms with Gasteiger partial charge >= 0.3 is 0 Å². The quantitative estimate of drug-likeness (QED) is 0.677. The number of benzene rings is 1. The maximum Gasteiger partial charge on any atom is 0.260 e. The smallest absolute Gasteiger partial charge is 0.260 e. The van der Waals surface area contributed by atoms with Gasteiger partial charge in [0.2, 0.25) is 0 Å². The zero-order valence-corrected chi connectivity index (χ0v) is 17.6. The summed E-state index contributed by atoms with van der Waals surface area (Å²) in [4.78, 5) is 17.2. The topological polar surface area (TPSA) is 51.2 Å². The molecule has 0 aromatic heterocycles.